The van der Waals surface area contributed by atoms with E-state index in [0.29, 0.717) is 11.5 Å². The van der Waals surface area contributed by atoms with Crippen LogP contribution in [-0.2, 0) is 0 Å². The number of rotatable bonds is 5. The highest BCUT2D eigenvalue weighted by molar-refractivity contribution is 5.93. The Kier molecular flexibility index (Phi) is 6.22. The summed E-state index contributed by atoms with van der Waals surface area (Å²) < 4.78 is 0. The summed E-state index contributed by atoms with van der Waals surface area (Å²) in [5.74, 6) is 0.671. The largest absolute Gasteiger partial charge is 0.366 e. The molecular weight excluding hydrogens is 362 g/mol. The Morgan fingerprint density at radius 2 is 1.93 bits per heavy atom. The zero-order chi connectivity index (χ0) is 21.2. The van der Waals surface area contributed by atoms with Crippen LogP contribution in [0, 0.1) is 5.41 Å². The molecule has 0 unspecified atom stereocenters. The summed E-state index contributed by atoms with van der Waals surface area (Å²) in [7, 11) is 3.93. The van der Waals surface area contributed by atoms with Gasteiger partial charge in [-0.05, 0) is 42.5 Å². The van der Waals surface area contributed by atoms with Crippen LogP contribution in [0.5, 0.6) is 0 Å². The second-order valence-corrected chi connectivity index (χ2v) is 9.44. The number of hydrogen-bond acceptors (Lipinski definition) is 5. The Balaban J connectivity index is 1.97. The van der Waals surface area contributed by atoms with E-state index in [9.17, 15) is 4.79 Å². The van der Waals surface area contributed by atoms with Gasteiger partial charge in [0, 0.05) is 50.4 Å². The van der Waals surface area contributed by atoms with Gasteiger partial charge in [-0.2, -0.15) is 0 Å². The summed E-state index contributed by atoms with van der Waals surface area (Å²) in [6.45, 7) is 10.1. The molecule has 0 spiro atoms. The van der Waals surface area contributed by atoms with Crippen LogP contribution >= 0.6 is 0 Å². The maximum atomic E-state index is 11.4. The molecule has 3 rings (SSSR count). The Morgan fingerprint density at radius 1 is 1.24 bits per heavy atom. The highest BCUT2D eigenvalue weighted by Crippen LogP contribution is 2.34. The van der Waals surface area contributed by atoms with Gasteiger partial charge >= 0.3 is 0 Å². The van der Waals surface area contributed by atoms with Crippen molar-refractivity contribution in [2.24, 2.45) is 11.1 Å². The number of amides is 1. The van der Waals surface area contributed by atoms with Crippen molar-refractivity contribution in [2.75, 3.05) is 38.6 Å². The monoisotopic (exact) mass is 395 g/mol. The van der Waals surface area contributed by atoms with Crippen molar-refractivity contribution in [3.8, 4) is 11.1 Å². The Labute approximate surface area is 174 Å². The molecule has 6 nitrogen and oxygen atoms in total. The van der Waals surface area contributed by atoms with Crippen molar-refractivity contribution in [2.45, 2.75) is 39.5 Å². The van der Waals surface area contributed by atoms with Crippen molar-refractivity contribution in [3.05, 3.63) is 41.7 Å². The molecule has 1 atom stereocenters. The minimum atomic E-state index is -0.416. The van der Waals surface area contributed by atoms with Gasteiger partial charge in [0.05, 0.1) is 5.69 Å². The van der Waals surface area contributed by atoms with Gasteiger partial charge in [0.15, 0.2) is 0 Å². The van der Waals surface area contributed by atoms with Gasteiger partial charge in [0.1, 0.15) is 0 Å². The molecule has 0 bridgehead atoms. The molecule has 0 saturated carbocycles. The fourth-order valence-electron chi connectivity index (χ4n) is 4.04. The average Bonchev–Trinajstić information content (AvgIpc) is 2.66. The molecule has 1 aromatic heterocycles. The topological polar surface area (TPSA) is 75.4 Å². The van der Waals surface area contributed by atoms with Crippen LogP contribution in [0.3, 0.4) is 0 Å². The lowest BCUT2D eigenvalue weighted by molar-refractivity contribution is 0.100. The maximum absolute atomic E-state index is 11.4. The van der Waals surface area contributed by atoms with Crippen LogP contribution in [0.1, 0.15) is 55.6 Å². The quantitative estimate of drug-likeness (QED) is 0.838. The highest BCUT2D eigenvalue weighted by Gasteiger charge is 2.28. The van der Waals surface area contributed by atoms with E-state index in [2.05, 4.69) is 30.7 Å². The van der Waals surface area contributed by atoms with Crippen LogP contribution in [0.15, 0.2) is 30.5 Å². The van der Waals surface area contributed by atoms with Gasteiger partial charge in [-0.25, -0.2) is 9.97 Å². The van der Waals surface area contributed by atoms with Crippen LogP contribution in [0.4, 0.5) is 5.95 Å². The molecule has 1 aliphatic rings. The first kappa shape index (κ1) is 21.2. The third-order valence-corrected chi connectivity index (χ3v) is 5.28. The normalized spacial score (nSPS) is 17.9. The van der Waals surface area contributed by atoms with Crippen LogP contribution < -0.4 is 10.6 Å². The van der Waals surface area contributed by atoms with Gasteiger partial charge in [0.2, 0.25) is 11.9 Å². The Hall–Kier alpha value is -2.47. The number of benzene rings is 1. The summed E-state index contributed by atoms with van der Waals surface area (Å²) >= 11 is 0. The number of nitrogens with zero attached hydrogens (tertiary/aromatic N) is 4. The third-order valence-electron chi connectivity index (χ3n) is 5.28. The summed E-state index contributed by atoms with van der Waals surface area (Å²) in [6.07, 6.45) is 4.21. The van der Waals surface area contributed by atoms with Gasteiger partial charge in [-0.3, -0.25) is 4.79 Å². The van der Waals surface area contributed by atoms with E-state index >= 15 is 0 Å². The molecule has 2 heterocycles. The first-order valence-corrected chi connectivity index (χ1v) is 10.3. The van der Waals surface area contributed by atoms with Crippen molar-refractivity contribution in [3.63, 3.8) is 0 Å². The number of piperidine rings is 1. The molecule has 2 N–H and O–H groups in total. The third kappa shape index (κ3) is 5.32. The first-order valence-electron chi connectivity index (χ1n) is 10.3. The molecule has 1 saturated heterocycles. The summed E-state index contributed by atoms with van der Waals surface area (Å²) in [5, 5.41) is 0. The lowest BCUT2D eigenvalue weighted by Crippen LogP contribution is -2.40. The molecule has 6 heteroatoms. The van der Waals surface area contributed by atoms with Crippen molar-refractivity contribution in [1.82, 2.24) is 14.9 Å². The van der Waals surface area contributed by atoms with Crippen LogP contribution in [-0.4, -0.2) is 54.5 Å². The van der Waals surface area contributed by atoms with Gasteiger partial charge in [-0.15, -0.1) is 0 Å². The number of aromatic nitrogens is 2. The second-order valence-electron chi connectivity index (χ2n) is 9.44. The van der Waals surface area contributed by atoms with E-state index in [1.54, 1.807) is 12.1 Å². The molecule has 1 aliphatic heterocycles. The van der Waals surface area contributed by atoms with Crippen molar-refractivity contribution in [1.29, 1.82) is 0 Å². The molecule has 156 valence electrons. The fourth-order valence-corrected chi connectivity index (χ4v) is 4.04. The molecule has 0 radical (unpaired) electrons. The first-order chi connectivity index (χ1) is 13.6. The summed E-state index contributed by atoms with van der Waals surface area (Å²) in [5.41, 5.74) is 9.32. The van der Waals surface area contributed by atoms with Gasteiger partial charge in [-0.1, -0.05) is 32.9 Å². The summed E-state index contributed by atoms with van der Waals surface area (Å²) in [6, 6.07) is 7.42. The minimum absolute atomic E-state index is 0.274. The number of primary amides is 1. The zero-order valence-electron chi connectivity index (χ0n) is 18.3. The van der Waals surface area contributed by atoms with Crippen LogP contribution in [0.2, 0.25) is 0 Å². The number of carbonyl (C=O) groups is 1. The van der Waals surface area contributed by atoms with E-state index in [4.69, 9.17) is 10.7 Å². The molecule has 1 fully saturated rings. The number of anilines is 1. The molecule has 0 aliphatic carbocycles. The molecule has 1 amide bonds. The number of nitrogens with two attached hydrogens (primary N) is 1. The average molecular weight is 396 g/mol. The molecular formula is C23H33N5O. The lowest BCUT2D eigenvalue weighted by Gasteiger charge is -2.37. The minimum Gasteiger partial charge on any atom is -0.366 e. The SMILES string of the molecule is CN(C)c1ncc(-c2ccc(C(N)=O)cc2)c([C@H]2CCCN(CC(C)(C)C)C2)n1. The predicted octanol–water partition coefficient (Wildman–Crippen LogP) is 3.53. The molecule has 29 heavy (non-hydrogen) atoms. The number of likely N-dealkylation sites (tertiary alicyclic amines) is 1. The Morgan fingerprint density at radius 3 is 2.52 bits per heavy atom. The number of carbonyl (C=O) groups excluding carboxylic acids is 1. The highest BCUT2D eigenvalue weighted by atomic mass is 16.1. The standard InChI is InChI=1S/C23H33N5O/c1-23(2,3)15-28-12-6-7-18(14-28)20-19(13-25-22(26-20)27(4)5)16-8-10-17(11-9-16)21(24)29/h8-11,13,18H,6-7,12,14-15H2,1-5H3,(H2,24,29)/t18-/m0/s1. The summed E-state index contributed by atoms with van der Waals surface area (Å²) in [4.78, 5) is 25.4. The maximum Gasteiger partial charge on any atom is 0.248 e. The lowest BCUT2D eigenvalue weighted by atomic mass is 9.88. The van der Waals surface area contributed by atoms with Crippen molar-refractivity contribution >= 4 is 11.9 Å². The fraction of sp³-hybridized carbons (Fsp3) is 0.522. The van der Waals surface area contributed by atoms with E-state index in [0.717, 1.165) is 48.8 Å². The molecule has 2 aromatic rings. The van der Waals surface area contributed by atoms with Gasteiger partial charge < -0.3 is 15.5 Å². The van der Waals surface area contributed by atoms with E-state index in [-0.39, 0.29) is 5.41 Å². The Bertz CT molecular complexity index is 855. The predicted molar refractivity (Wildman–Crippen MR) is 118 cm³/mol. The van der Waals surface area contributed by atoms with Crippen LogP contribution in [0.25, 0.3) is 11.1 Å². The second kappa shape index (κ2) is 8.49. The van der Waals surface area contributed by atoms with Gasteiger partial charge in [0.25, 0.3) is 0 Å². The van der Waals surface area contributed by atoms with E-state index in [1.807, 2.05) is 37.3 Å². The molecule has 1 aromatic carbocycles. The smallest absolute Gasteiger partial charge is 0.248 e. The van der Waals surface area contributed by atoms with E-state index < -0.39 is 5.91 Å². The van der Waals surface area contributed by atoms with E-state index in [1.165, 1.54) is 6.42 Å². The van der Waals surface area contributed by atoms with Crippen molar-refractivity contribution < 1.29 is 4.79 Å². The number of hydrogen-bond donors (Lipinski definition) is 1. The zero-order valence-corrected chi connectivity index (χ0v) is 18.3.